The molecule has 1 atom stereocenters. The Balaban J connectivity index is 1.77. The number of alkyl halides is 1. The highest BCUT2D eigenvalue weighted by Crippen LogP contribution is 2.28. The SMILES string of the molecule is O=C(c1cc(-c2ccccc2)on1)N1CCC(F)(C(=O)O)C1. The van der Waals surface area contributed by atoms with E-state index in [2.05, 4.69) is 5.16 Å². The number of rotatable bonds is 3. The average Bonchev–Trinajstić information content (AvgIpc) is 3.15. The van der Waals surface area contributed by atoms with Crippen molar-refractivity contribution in [2.24, 2.45) is 0 Å². The van der Waals surface area contributed by atoms with Crippen molar-refractivity contribution >= 4 is 11.9 Å². The Morgan fingerprint density at radius 1 is 1.32 bits per heavy atom. The summed E-state index contributed by atoms with van der Waals surface area (Å²) in [7, 11) is 0. The third kappa shape index (κ3) is 2.45. The number of nitrogens with zero attached hydrogens (tertiary/aromatic N) is 2. The lowest BCUT2D eigenvalue weighted by atomic mass is 10.1. The van der Waals surface area contributed by atoms with E-state index in [1.807, 2.05) is 30.3 Å². The van der Waals surface area contributed by atoms with Gasteiger partial charge in [0.25, 0.3) is 5.91 Å². The smallest absolute Gasteiger partial charge is 0.343 e. The number of benzene rings is 1. The summed E-state index contributed by atoms with van der Waals surface area (Å²) >= 11 is 0. The minimum atomic E-state index is -2.39. The molecule has 1 saturated heterocycles. The summed E-state index contributed by atoms with van der Waals surface area (Å²) in [5.41, 5.74) is -1.59. The van der Waals surface area contributed by atoms with E-state index in [9.17, 15) is 14.0 Å². The molecule has 3 rings (SSSR count). The van der Waals surface area contributed by atoms with Gasteiger partial charge in [0, 0.05) is 24.6 Å². The van der Waals surface area contributed by atoms with E-state index < -0.39 is 24.1 Å². The minimum Gasteiger partial charge on any atom is -0.479 e. The van der Waals surface area contributed by atoms with Crippen LogP contribution in [0.15, 0.2) is 40.9 Å². The van der Waals surface area contributed by atoms with Crippen molar-refractivity contribution < 1.29 is 23.6 Å². The van der Waals surface area contributed by atoms with Crippen LogP contribution >= 0.6 is 0 Å². The molecule has 7 heteroatoms. The lowest BCUT2D eigenvalue weighted by molar-refractivity contribution is -0.149. The van der Waals surface area contributed by atoms with Gasteiger partial charge in [-0.25, -0.2) is 9.18 Å². The molecule has 1 N–H and O–H groups in total. The number of carboxylic acids is 1. The van der Waals surface area contributed by atoms with E-state index in [0.717, 1.165) is 10.5 Å². The van der Waals surface area contributed by atoms with Crippen LogP contribution in [0.25, 0.3) is 11.3 Å². The molecule has 114 valence electrons. The molecule has 1 amide bonds. The fourth-order valence-electron chi connectivity index (χ4n) is 2.40. The second-order valence-electron chi connectivity index (χ2n) is 5.19. The Hall–Kier alpha value is -2.70. The first-order chi connectivity index (χ1) is 10.5. The number of halogens is 1. The number of carbonyl (C=O) groups excluding carboxylic acids is 1. The first-order valence-corrected chi connectivity index (χ1v) is 6.73. The summed E-state index contributed by atoms with van der Waals surface area (Å²) in [6, 6.07) is 10.6. The summed E-state index contributed by atoms with van der Waals surface area (Å²) < 4.78 is 19.1. The molecule has 0 bridgehead atoms. The van der Waals surface area contributed by atoms with E-state index in [1.165, 1.54) is 6.07 Å². The van der Waals surface area contributed by atoms with Crippen LogP contribution in [0.4, 0.5) is 4.39 Å². The quantitative estimate of drug-likeness (QED) is 0.937. The zero-order valence-electron chi connectivity index (χ0n) is 11.5. The van der Waals surface area contributed by atoms with Gasteiger partial charge in [0.1, 0.15) is 0 Å². The molecule has 0 aliphatic carbocycles. The number of likely N-dealkylation sites (tertiary alicyclic amines) is 1. The van der Waals surface area contributed by atoms with Gasteiger partial charge in [0.05, 0.1) is 6.54 Å². The van der Waals surface area contributed by atoms with Gasteiger partial charge in [-0.05, 0) is 0 Å². The maximum atomic E-state index is 14.0. The third-order valence-electron chi connectivity index (χ3n) is 3.68. The van der Waals surface area contributed by atoms with Crippen LogP contribution < -0.4 is 0 Å². The zero-order valence-corrected chi connectivity index (χ0v) is 11.5. The van der Waals surface area contributed by atoms with Crippen molar-refractivity contribution in [1.82, 2.24) is 10.1 Å². The van der Waals surface area contributed by atoms with Crippen molar-refractivity contribution in [2.75, 3.05) is 13.1 Å². The van der Waals surface area contributed by atoms with Crippen LogP contribution in [0.1, 0.15) is 16.9 Å². The molecule has 0 spiro atoms. The number of aromatic nitrogens is 1. The average molecular weight is 304 g/mol. The summed E-state index contributed by atoms with van der Waals surface area (Å²) in [6.07, 6.45) is -0.225. The Labute approximate surface area is 125 Å². The van der Waals surface area contributed by atoms with Crippen LogP contribution in [0.3, 0.4) is 0 Å². The molecule has 1 aromatic heterocycles. The highest BCUT2D eigenvalue weighted by atomic mass is 19.1. The van der Waals surface area contributed by atoms with E-state index in [-0.39, 0.29) is 18.7 Å². The highest BCUT2D eigenvalue weighted by Gasteiger charge is 2.47. The molecule has 1 aliphatic rings. The zero-order chi connectivity index (χ0) is 15.7. The lowest BCUT2D eigenvalue weighted by Crippen LogP contribution is -2.39. The predicted octanol–water partition coefficient (Wildman–Crippen LogP) is 1.98. The summed E-state index contributed by atoms with van der Waals surface area (Å²) in [6.45, 7) is -0.441. The van der Waals surface area contributed by atoms with Gasteiger partial charge in [0.15, 0.2) is 11.5 Å². The van der Waals surface area contributed by atoms with Crippen LogP contribution in [0.2, 0.25) is 0 Å². The van der Waals surface area contributed by atoms with Gasteiger partial charge in [-0.15, -0.1) is 0 Å². The molecular weight excluding hydrogens is 291 g/mol. The van der Waals surface area contributed by atoms with Gasteiger partial charge >= 0.3 is 5.97 Å². The van der Waals surface area contributed by atoms with Gasteiger partial charge in [-0.1, -0.05) is 35.5 Å². The molecule has 22 heavy (non-hydrogen) atoms. The molecular formula is C15H13FN2O4. The molecule has 1 aromatic carbocycles. The molecule has 2 heterocycles. The van der Waals surface area contributed by atoms with E-state index in [4.69, 9.17) is 9.63 Å². The standard InChI is InChI=1S/C15H13FN2O4/c16-15(14(20)21)6-7-18(9-15)13(19)11-8-12(22-17-11)10-4-2-1-3-5-10/h1-5,8H,6-7,9H2,(H,20,21). The highest BCUT2D eigenvalue weighted by molar-refractivity contribution is 5.94. The number of carboxylic acid groups (broad SMARTS) is 1. The fraction of sp³-hybridized carbons (Fsp3) is 0.267. The summed E-state index contributed by atoms with van der Waals surface area (Å²) in [5, 5.41) is 12.5. The summed E-state index contributed by atoms with van der Waals surface area (Å²) in [4.78, 5) is 24.3. The number of aliphatic carboxylic acids is 1. The molecule has 1 aliphatic heterocycles. The van der Waals surface area contributed by atoms with Gasteiger partial charge in [-0.3, -0.25) is 4.79 Å². The van der Waals surface area contributed by atoms with E-state index in [0.29, 0.717) is 5.76 Å². The number of hydrogen-bond acceptors (Lipinski definition) is 4. The molecule has 1 fully saturated rings. The van der Waals surface area contributed by atoms with Crippen molar-refractivity contribution in [3.63, 3.8) is 0 Å². The largest absolute Gasteiger partial charge is 0.479 e. The molecule has 2 aromatic rings. The molecule has 0 saturated carbocycles. The predicted molar refractivity (Wildman–Crippen MR) is 73.9 cm³/mol. The van der Waals surface area contributed by atoms with Gasteiger partial charge < -0.3 is 14.5 Å². The Bertz CT molecular complexity index is 715. The Morgan fingerprint density at radius 3 is 2.68 bits per heavy atom. The van der Waals surface area contributed by atoms with E-state index in [1.54, 1.807) is 0 Å². The van der Waals surface area contributed by atoms with Crippen LogP contribution in [0, 0.1) is 0 Å². The molecule has 6 nitrogen and oxygen atoms in total. The first kappa shape index (κ1) is 14.2. The maximum Gasteiger partial charge on any atom is 0.343 e. The van der Waals surface area contributed by atoms with Crippen molar-refractivity contribution in [1.29, 1.82) is 0 Å². The maximum absolute atomic E-state index is 14.0. The van der Waals surface area contributed by atoms with Crippen LogP contribution in [0.5, 0.6) is 0 Å². The van der Waals surface area contributed by atoms with Gasteiger partial charge in [-0.2, -0.15) is 0 Å². The third-order valence-corrected chi connectivity index (χ3v) is 3.68. The number of hydrogen-bond donors (Lipinski definition) is 1. The first-order valence-electron chi connectivity index (χ1n) is 6.73. The van der Waals surface area contributed by atoms with Crippen LogP contribution in [-0.2, 0) is 4.79 Å². The van der Waals surface area contributed by atoms with Crippen molar-refractivity contribution in [2.45, 2.75) is 12.1 Å². The lowest BCUT2D eigenvalue weighted by Gasteiger charge is -2.16. The monoisotopic (exact) mass is 304 g/mol. The summed E-state index contributed by atoms with van der Waals surface area (Å²) in [5.74, 6) is -1.66. The molecule has 1 unspecified atom stereocenters. The number of carbonyl (C=O) groups is 2. The van der Waals surface area contributed by atoms with Crippen molar-refractivity contribution in [3.8, 4) is 11.3 Å². The fourth-order valence-corrected chi connectivity index (χ4v) is 2.40. The Morgan fingerprint density at radius 2 is 2.05 bits per heavy atom. The minimum absolute atomic E-state index is 0.0356. The number of amides is 1. The second kappa shape index (κ2) is 5.25. The Kier molecular flexibility index (Phi) is 3.40. The second-order valence-corrected chi connectivity index (χ2v) is 5.19. The molecule has 0 radical (unpaired) electrons. The van der Waals surface area contributed by atoms with E-state index >= 15 is 0 Å². The van der Waals surface area contributed by atoms with Gasteiger partial charge in [0.2, 0.25) is 5.67 Å². The topological polar surface area (TPSA) is 83.6 Å². The van der Waals surface area contributed by atoms with Crippen molar-refractivity contribution in [3.05, 3.63) is 42.1 Å². The van der Waals surface area contributed by atoms with Crippen LogP contribution in [-0.4, -0.2) is 45.8 Å². The normalized spacial score (nSPS) is 21.0.